The summed E-state index contributed by atoms with van der Waals surface area (Å²) in [4.78, 5) is 51.1. The lowest BCUT2D eigenvalue weighted by atomic mass is 9.88. The Hall–Kier alpha value is -3.68. The third-order valence-corrected chi connectivity index (χ3v) is 5.55. The number of esters is 1. The zero-order chi connectivity index (χ0) is 22.0. The molecule has 0 radical (unpaired) electrons. The van der Waals surface area contributed by atoms with Gasteiger partial charge in [0.15, 0.2) is 0 Å². The third kappa shape index (κ3) is 4.01. The number of amides is 3. The number of benzene rings is 1. The molecule has 31 heavy (non-hydrogen) atoms. The number of rotatable bonds is 7. The zero-order valence-corrected chi connectivity index (χ0v) is 17.0. The molecule has 8 heteroatoms. The van der Waals surface area contributed by atoms with Crippen molar-refractivity contribution in [3.63, 3.8) is 0 Å². The molecule has 0 saturated heterocycles. The van der Waals surface area contributed by atoms with E-state index in [4.69, 9.17) is 4.74 Å². The molecule has 4 rings (SSSR count). The zero-order valence-electron chi connectivity index (χ0n) is 17.0. The second kappa shape index (κ2) is 8.59. The van der Waals surface area contributed by atoms with Gasteiger partial charge < -0.3 is 15.4 Å². The van der Waals surface area contributed by atoms with E-state index in [1.165, 1.54) is 0 Å². The number of nitrogens with zero attached hydrogens (tertiary/aromatic N) is 1. The summed E-state index contributed by atoms with van der Waals surface area (Å²) < 4.78 is 5.13. The molecule has 160 valence electrons. The summed E-state index contributed by atoms with van der Waals surface area (Å²) in [7, 11) is 0. The van der Waals surface area contributed by atoms with Gasteiger partial charge in [-0.2, -0.15) is 0 Å². The van der Waals surface area contributed by atoms with Crippen LogP contribution in [-0.4, -0.2) is 53.8 Å². The molecular weight excluding hydrogens is 398 g/mol. The van der Waals surface area contributed by atoms with E-state index < -0.39 is 36.3 Å². The monoisotopic (exact) mass is 421 g/mol. The predicted octanol–water partition coefficient (Wildman–Crippen LogP) is 1.32. The van der Waals surface area contributed by atoms with Crippen LogP contribution >= 0.6 is 0 Å². The summed E-state index contributed by atoms with van der Waals surface area (Å²) in [5.74, 6) is -2.11. The van der Waals surface area contributed by atoms with Crippen molar-refractivity contribution in [1.82, 2.24) is 15.5 Å². The van der Waals surface area contributed by atoms with E-state index in [9.17, 15) is 19.2 Å². The van der Waals surface area contributed by atoms with Crippen molar-refractivity contribution in [2.24, 2.45) is 5.92 Å². The molecule has 1 aromatic rings. The number of carbonyl (C=O) groups is 4. The van der Waals surface area contributed by atoms with Crippen LogP contribution in [0.3, 0.4) is 0 Å². The molecule has 3 atom stereocenters. The Morgan fingerprint density at radius 3 is 2.48 bits per heavy atom. The van der Waals surface area contributed by atoms with Gasteiger partial charge in [-0.1, -0.05) is 36.4 Å². The lowest BCUT2D eigenvalue weighted by Crippen LogP contribution is -2.47. The first kappa shape index (κ1) is 20.6. The molecule has 8 nitrogen and oxygen atoms in total. The van der Waals surface area contributed by atoms with Crippen LogP contribution in [0.1, 0.15) is 34.1 Å². The molecule has 0 aromatic heterocycles. The normalized spacial score (nSPS) is 21.8. The first-order chi connectivity index (χ1) is 15.0. The summed E-state index contributed by atoms with van der Waals surface area (Å²) in [6, 6.07) is 5.63. The van der Waals surface area contributed by atoms with Gasteiger partial charge >= 0.3 is 5.97 Å². The van der Waals surface area contributed by atoms with Crippen molar-refractivity contribution in [3.05, 3.63) is 71.5 Å². The molecule has 1 aliphatic carbocycles. The molecule has 0 saturated carbocycles. The smallest absolute Gasteiger partial charge is 0.328 e. The second-order valence-corrected chi connectivity index (χ2v) is 7.53. The Labute approximate surface area is 179 Å². The molecule has 2 aliphatic heterocycles. The van der Waals surface area contributed by atoms with Gasteiger partial charge in [-0.15, -0.1) is 0 Å². The summed E-state index contributed by atoms with van der Waals surface area (Å²) in [6.07, 6.45) is 10.1. The molecule has 1 aromatic carbocycles. The van der Waals surface area contributed by atoms with Gasteiger partial charge in [-0.25, -0.2) is 4.79 Å². The highest BCUT2D eigenvalue weighted by Gasteiger charge is 2.37. The van der Waals surface area contributed by atoms with E-state index in [0.717, 1.165) is 10.5 Å². The Bertz CT molecular complexity index is 991. The van der Waals surface area contributed by atoms with Crippen molar-refractivity contribution >= 4 is 23.7 Å². The topological polar surface area (TPSA) is 105 Å². The highest BCUT2D eigenvalue weighted by atomic mass is 16.5. The molecule has 3 amide bonds. The lowest BCUT2D eigenvalue weighted by molar-refractivity contribution is -0.147. The predicted molar refractivity (Wildman–Crippen MR) is 112 cm³/mol. The number of hydrogen-bond acceptors (Lipinski definition) is 6. The Balaban J connectivity index is 1.44. The van der Waals surface area contributed by atoms with E-state index in [0.29, 0.717) is 0 Å². The Morgan fingerprint density at radius 2 is 1.81 bits per heavy atom. The van der Waals surface area contributed by atoms with Crippen molar-refractivity contribution in [2.75, 3.05) is 13.2 Å². The average molecular weight is 421 g/mol. The molecule has 0 bridgehead atoms. The fraction of sp³-hybridized carbons (Fsp3) is 0.304. The molecule has 0 fully saturated rings. The summed E-state index contributed by atoms with van der Waals surface area (Å²) in [5, 5.41) is 5.90. The maximum atomic E-state index is 12.7. The van der Waals surface area contributed by atoms with Crippen LogP contribution in [0, 0.1) is 5.92 Å². The molecule has 2 heterocycles. The first-order valence-electron chi connectivity index (χ1n) is 10.2. The van der Waals surface area contributed by atoms with E-state index in [1.54, 1.807) is 31.2 Å². The number of allylic oxidation sites excluding steroid dienone is 2. The summed E-state index contributed by atoms with van der Waals surface area (Å²) in [5.41, 5.74) is 1.50. The largest absolute Gasteiger partial charge is 0.464 e. The number of carbonyl (C=O) groups excluding carboxylic acids is 4. The molecule has 2 N–H and O–H groups in total. The fourth-order valence-electron chi connectivity index (χ4n) is 4.05. The van der Waals surface area contributed by atoms with Crippen LogP contribution in [-0.2, 0) is 14.3 Å². The minimum absolute atomic E-state index is 0.0927. The quantitative estimate of drug-likeness (QED) is 0.508. The third-order valence-electron chi connectivity index (χ3n) is 5.55. The van der Waals surface area contributed by atoms with Gasteiger partial charge in [0.1, 0.15) is 12.6 Å². The fourth-order valence-corrected chi connectivity index (χ4v) is 4.05. The van der Waals surface area contributed by atoms with Crippen LogP contribution in [0.25, 0.3) is 0 Å². The van der Waals surface area contributed by atoms with Crippen molar-refractivity contribution in [3.8, 4) is 0 Å². The molecular formula is C23H23N3O5. The minimum atomic E-state index is -0.922. The van der Waals surface area contributed by atoms with E-state index in [1.807, 2.05) is 30.5 Å². The van der Waals surface area contributed by atoms with E-state index >= 15 is 0 Å². The van der Waals surface area contributed by atoms with Gasteiger partial charge in [0.25, 0.3) is 11.8 Å². The van der Waals surface area contributed by atoms with Crippen LogP contribution in [0.2, 0.25) is 0 Å². The Kier molecular flexibility index (Phi) is 5.70. The first-order valence-corrected chi connectivity index (χ1v) is 10.2. The lowest BCUT2D eigenvalue weighted by Gasteiger charge is -2.23. The average Bonchev–Trinajstić information content (AvgIpc) is 3.28. The van der Waals surface area contributed by atoms with Gasteiger partial charge in [0.2, 0.25) is 5.91 Å². The number of nitrogens with one attached hydrogen (secondary N) is 2. The van der Waals surface area contributed by atoms with Crippen molar-refractivity contribution < 1.29 is 23.9 Å². The van der Waals surface area contributed by atoms with Crippen LogP contribution < -0.4 is 10.6 Å². The van der Waals surface area contributed by atoms with Crippen LogP contribution in [0.4, 0.5) is 0 Å². The number of ether oxygens (including phenoxy) is 1. The summed E-state index contributed by atoms with van der Waals surface area (Å²) >= 11 is 0. The Morgan fingerprint density at radius 1 is 1.13 bits per heavy atom. The highest BCUT2D eigenvalue weighted by Crippen LogP contribution is 2.29. The second-order valence-electron chi connectivity index (χ2n) is 7.53. The molecule has 3 unspecified atom stereocenters. The maximum Gasteiger partial charge on any atom is 0.328 e. The van der Waals surface area contributed by atoms with Crippen LogP contribution in [0.15, 0.2) is 60.3 Å². The van der Waals surface area contributed by atoms with Gasteiger partial charge in [-0.3, -0.25) is 19.3 Å². The van der Waals surface area contributed by atoms with Gasteiger partial charge in [0, 0.05) is 12.3 Å². The number of hydrogen-bond donors (Lipinski definition) is 2. The molecule has 0 spiro atoms. The highest BCUT2D eigenvalue weighted by molar-refractivity contribution is 6.22. The number of imide groups is 1. The van der Waals surface area contributed by atoms with Crippen LogP contribution in [0.5, 0.6) is 0 Å². The van der Waals surface area contributed by atoms with E-state index in [-0.39, 0.29) is 36.1 Å². The van der Waals surface area contributed by atoms with Crippen molar-refractivity contribution in [1.29, 1.82) is 0 Å². The maximum absolute atomic E-state index is 12.7. The number of fused-ring (bicyclic) bond motifs is 2. The summed E-state index contributed by atoms with van der Waals surface area (Å²) in [6.45, 7) is 1.40. The SMILES string of the molecule is CCOC(=O)C(CC1=CNC2C=CC=CC12)NC(=O)CN1C(=O)c2ccccc2C1=O. The van der Waals surface area contributed by atoms with E-state index in [2.05, 4.69) is 10.6 Å². The standard InChI is InChI=1S/C23H23N3O5/c1-2-31-23(30)19(11-14-12-24-18-10-6-5-7-15(14)18)25-20(27)13-26-21(28)16-8-3-4-9-17(16)22(26)29/h3-10,12,15,18-19,24H,2,11,13H2,1H3,(H,25,27). The minimum Gasteiger partial charge on any atom is -0.464 e. The van der Waals surface area contributed by atoms with Gasteiger partial charge in [-0.05, 0) is 30.8 Å². The molecule has 3 aliphatic rings. The van der Waals surface area contributed by atoms with Gasteiger partial charge in [0.05, 0.1) is 23.8 Å². The van der Waals surface area contributed by atoms with Crippen molar-refractivity contribution in [2.45, 2.75) is 25.4 Å².